The Morgan fingerprint density at radius 1 is 1.04 bits per heavy atom. The van der Waals surface area contributed by atoms with E-state index in [4.69, 9.17) is 4.98 Å². The summed E-state index contributed by atoms with van der Waals surface area (Å²) in [5, 5.41) is 11.7. The number of aromatic nitrogens is 1. The van der Waals surface area contributed by atoms with E-state index in [1.54, 1.807) is 12.1 Å². The number of hydrogen-bond donors (Lipinski definition) is 0. The topological polar surface area (TPSA) is 62.5 Å². The van der Waals surface area contributed by atoms with Gasteiger partial charge in [-0.3, -0.25) is 20.0 Å². The first kappa shape index (κ1) is 18.3. The fourth-order valence-electron chi connectivity index (χ4n) is 4.39. The maximum atomic E-state index is 10.9. The zero-order chi connectivity index (χ0) is 18.6. The molecule has 27 heavy (non-hydrogen) atoms. The quantitative estimate of drug-likeness (QED) is 0.573. The molecule has 2 aliphatic heterocycles. The van der Waals surface area contributed by atoms with Crippen molar-refractivity contribution < 1.29 is 4.92 Å². The van der Waals surface area contributed by atoms with Crippen LogP contribution in [-0.4, -0.2) is 52.4 Å². The Morgan fingerprint density at radius 3 is 2.56 bits per heavy atom. The minimum Gasteiger partial charge on any atom is -0.303 e. The van der Waals surface area contributed by atoms with Gasteiger partial charge in [-0.15, -0.1) is 0 Å². The zero-order valence-corrected chi connectivity index (χ0v) is 15.8. The first-order chi connectivity index (χ1) is 13.2. The maximum Gasteiger partial charge on any atom is 0.270 e. The minimum absolute atomic E-state index is 0.119. The van der Waals surface area contributed by atoms with Gasteiger partial charge in [-0.25, -0.2) is 0 Å². The summed E-state index contributed by atoms with van der Waals surface area (Å²) in [5.41, 5.74) is 2.00. The molecule has 4 rings (SSSR count). The van der Waals surface area contributed by atoms with E-state index in [0.717, 1.165) is 42.1 Å². The number of benzene rings is 1. The molecule has 0 N–H and O–H groups in total. The molecule has 6 heteroatoms. The third-order valence-corrected chi connectivity index (χ3v) is 6.09. The van der Waals surface area contributed by atoms with Gasteiger partial charge in [0.1, 0.15) is 0 Å². The number of nitro benzene ring substituents is 1. The van der Waals surface area contributed by atoms with Gasteiger partial charge < -0.3 is 4.90 Å². The summed E-state index contributed by atoms with van der Waals surface area (Å²) in [6.07, 6.45) is 6.68. The summed E-state index contributed by atoms with van der Waals surface area (Å²) in [5.74, 6) is 0.868. The molecule has 3 heterocycles. The largest absolute Gasteiger partial charge is 0.303 e. The number of fused-ring (bicyclic) bond motifs is 1. The lowest BCUT2D eigenvalue weighted by molar-refractivity contribution is -0.384. The molecule has 0 saturated carbocycles. The van der Waals surface area contributed by atoms with Gasteiger partial charge in [0.05, 0.1) is 16.1 Å². The van der Waals surface area contributed by atoms with E-state index < -0.39 is 0 Å². The van der Waals surface area contributed by atoms with Crippen LogP contribution in [0.3, 0.4) is 0 Å². The predicted molar refractivity (Wildman–Crippen MR) is 107 cm³/mol. The molecule has 0 amide bonds. The van der Waals surface area contributed by atoms with Crippen LogP contribution in [0.4, 0.5) is 5.69 Å². The van der Waals surface area contributed by atoms with Gasteiger partial charge in [-0.1, -0.05) is 6.07 Å². The summed E-state index contributed by atoms with van der Waals surface area (Å²) in [4.78, 5) is 20.4. The van der Waals surface area contributed by atoms with Crippen molar-refractivity contribution in [1.29, 1.82) is 0 Å². The molecular weight excluding hydrogens is 340 g/mol. The number of likely N-dealkylation sites (tertiary alicyclic amines) is 2. The van der Waals surface area contributed by atoms with Crippen molar-refractivity contribution in [3.05, 3.63) is 46.1 Å². The number of rotatable bonds is 6. The normalized spacial score (nSPS) is 19.7. The summed E-state index contributed by atoms with van der Waals surface area (Å²) in [6, 6.07) is 8.84. The van der Waals surface area contributed by atoms with Gasteiger partial charge in [0.15, 0.2) is 0 Å². The molecule has 1 aromatic carbocycles. The van der Waals surface area contributed by atoms with E-state index in [2.05, 4.69) is 9.80 Å². The molecule has 0 radical (unpaired) electrons. The first-order valence-electron chi connectivity index (χ1n) is 10.2. The smallest absolute Gasteiger partial charge is 0.270 e. The highest BCUT2D eigenvalue weighted by atomic mass is 16.6. The van der Waals surface area contributed by atoms with Crippen molar-refractivity contribution in [3.63, 3.8) is 0 Å². The molecule has 0 spiro atoms. The van der Waals surface area contributed by atoms with Crippen LogP contribution < -0.4 is 0 Å². The summed E-state index contributed by atoms with van der Waals surface area (Å²) in [7, 11) is 0. The second-order valence-electron chi connectivity index (χ2n) is 7.99. The second kappa shape index (κ2) is 8.31. The fraction of sp³-hybridized carbons (Fsp3) is 0.571. The molecule has 0 unspecified atom stereocenters. The molecule has 2 fully saturated rings. The van der Waals surface area contributed by atoms with E-state index >= 15 is 0 Å². The molecule has 2 saturated heterocycles. The average Bonchev–Trinajstić information content (AvgIpc) is 3.20. The SMILES string of the molecule is O=[N+]([O-])c1ccc2nc(CN3CCC(CCN4CCCC4)CC3)ccc2c1. The number of nitro groups is 1. The first-order valence-corrected chi connectivity index (χ1v) is 10.2. The van der Waals surface area contributed by atoms with Gasteiger partial charge in [-0.05, 0) is 82.9 Å². The fourth-order valence-corrected chi connectivity index (χ4v) is 4.39. The third kappa shape index (κ3) is 4.62. The second-order valence-corrected chi connectivity index (χ2v) is 7.99. The Morgan fingerprint density at radius 2 is 1.81 bits per heavy atom. The molecular formula is C21H28N4O2. The van der Waals surface area contributed by atoms with E-state index in [1.165, 1.54) is 57.8 Å². The Labute approximate surface area is 160 Å². The van der Waals surface area contributed by atoms with Crippen molar-refractivity contribution in [2.45, 2.75) is 38.6 Å². The average molecular weight is 368 g/mol. The Kier molecular flexibility index (Phi) is 5.64. The predicted octanol–water partition coefficient (Wildman–Crippen LogP) is 3.84. The Hall–Kier alpha value is -2.05. The molecule has 1 aromatic heterocycles. The summed E-state index contributed by atoms with van der Waals surface area (Å²) >= 11 is 0. The maximum absolute atomic E-state index is 10.9. The van der Waals surface area contributed by atoms with Gasteiger partial charge in [-0.2, -0.15) is 0 Å². The van der Waals surface area contributed by atoms with Gasteiger partial charge >= 0.3 is 0 Å². The van der Waals surface area contributed by atoms with Crippen molar-refractivity contribution in [1.82, 2.24) is 14.8 Å². The highest BCUT2D eigenvalue weighted by Crippen LogP contribution is 2.24. The standard InChI is InChI=1S/C21H28N4O2/c26-25(27)20-5-6-21-18(15-20)3-4-19(22-21)16-24-13-8-17(9-14-24)7-12-23-10-1-2-11-23/h3-6,15,17H,1-2,7-14,16H2. The van der Waals surface area contributed by atoms with Crippen molar-refractivity contribution >= 4 is 16.6 Å². The number of non-ortho nitro benzene ring substituents is 1. The van der Waals surface area contributed by atoms with Crippen LogP contribution in [-0.2, 0) is 6.54 Å². The molecule has 2 aliphatic rings. The van der Waals surface area contributed by atoms with Crippen LogP contribution in [0.1, 0.15) is 37.8 Å². The minimum atomic E-state index is -0.360. The van der Waals surface area contributed by atoms with Crippen LogP contribution in [0.2, 0.25) is 0 Å². The summed E-state index contributed by atoms with van der Waals surface area (Å²) < 4.78 is 0. The molecule has 144 valence electrons. The van der Waals surface area contributed by atoms with Crippen molar-refractivity contribution in [2.75, 3.05) is 32.7 Å². The van der Waals surface area contributed by atoms with Crippen molar-refractivity contribution in [2.24, 2.45) is 5.92 Å². The molecule has 2 aromatic rings. The van der Waals surface area contributed by atoms with Gasteiger partial charge in [0, 0.05) is 24.1 Å². The van der Waals surface area contributed by atoms with E-state index in [1.807, 2.05) is 12.1 Å². The number of nitrogens with zero attached hydrogens (tertiary/aromatic N) is 4. The number of pyridine rings is 1. The Bertz CT molecular complexity index is 796. The van der Waals surface area contributed by atoms with E-state index in [-0.39, 0.29) is 10.6 Å². The molecule has 0 bridgehead atoms. The highest BCUT2D eigenvalue weighted by molar-refractivity contribution is 5.81. The monoisotopic (exact) mass is 368 g/mol. The lowest BCUT2D eigenvalue weighted by Crippen LogP contribution is -2.34. The zero-order valence-electron chi connectivity index (χ0n) is 15.8. The molecule has 0 aliphatic carbocycles. The Balaban J connectivity index is 1.29. The third-order valence-electron chi connectivity index (χ3n) is 6.09. The molecule has 6 nitrogen and oxygen atoms in total. The van der Waals surface area contributed by atoms with E-state index in [0.29, 0.717) is 0 Å². The van der Waals surface area contributed by atoms with Crippen LogP contribution in [0.5, 0.6) is 0 Å². The van der Waals surface area contributed by atoms with Crippen LogP contribution in [0, 0.1) is 16.0 Å². The highest BCUT2D eigenvalue weighted by Gasteiger charge is 2.21. The van der Waals surface area contributed by atoms with Crippen LogP contribution >= 0.6 is 0 Å². The molecule has 0 atom stereocenters. The lowest BCUT2D eigenvalue weighted by atomic mass is 9.93. The van der Waals surface area contributed by atoms with Gasteiger partial charge in [0.25, 0.3) is 5.69 Å². The van der Waals surface area contributed by atoms with Gasteiger partial charge in [0.2, 0.25) is 0 Å². The number of piperidine rings is 1. The lowest BCUT2D eigenvalue weighted by Gasteiger charge is -2.32. The van der Waals surface area contributed by atoms with Crippen LogP contribution in [0.15, 0.2) is 30.3 Å². The van der Waals surface area contributed by atoms with Crippen molar-refractivity contribution in [3.8, 4) is 0 Å². The number of hydrogen-bond acceptors (Lipinski definition) is 5. The summed E-state index contributed by atoms with van der Waals surface area (Å²) in [6.45, 7) is 7.04. The van der Waals surface area contributed by atoms with E-state index in [9.17, 15) is 10.1 Å². The van der Waals surface area contributed by atoms with Crippen LogP contribution in [0.25, 0.3) is 10.9 Å².